The number of carbonyl (C=O) groups excluding carboxylic acids is 1. The van der Waals surface area contributed by atoms with Crippen molar-refractivity contribution in [2.75, 3.05) is 19.7 Å². The summed E-state index contributed by atoms with van der Waals surface area (Å²) < 4.78 is 0. The molecular formula is C16H22N2O6. The highest BCUT2D eigenvalue weighted by atomic mass is 16.4. The second-order valence-electron chi connectivity index (χ2n) is 5.62. The van der Waals surface area contributed by atoms with E-state index in [0.717, 1.165) is 16.5 Å². The van der Waals surface area contributed by atoms with E-state index in [4.69, 9.17) is 5.11 Å². The van der Waals surface area contributed by atoms with Crippen LogP contribution in [0.2, 0.25) is 0 Å². The fourth-order valence-electron chi connectivity index (χ4n) is 2.42. The van der Waals surface area contributed by atoms with Gasteiger partial charge in [0.25, 0.3) is 0 Å². The fraction of sp³-hybridized carbons (Fsp3) is 0.438. The molecule has 0 fully saturated rings. The van der Waals surface area contributed by atoms with Crippen molar-refractivity contribution >= 4 is 16.7 Å². The number of hydrogen-bond donors (Lipinski definition) is 7. The number of carbonyl (C=O) groups is 1. The molecule has 0 radical (unpaired) electrons. The summed E-state index contributed by atoms with van der Waals surface area (Å²) in [6, 6.07) is 5.02. The van der Waals surface area contributed by atoms with Crippen LogP contribution in [0, 0.1) is 0 Å². The number of Topliss-reactive ketones (excluding diaryl/α,β-unsaturated/α-hetero) is 1. The molecule has 2 rings (SSSR count). The molecule has 24 heavy (non-hydrogen) atoms. The number of ketones is 1. The molecule has 0 spiro atoms. The van der Waals surface area contributed by atoms with Gasteiger partial charge in [0.1, 0.15) is 24.1 Å². The summed E-state index contributed by atoms with van der Waals surface area (Å²) >= 11 is 0. The van der Waals surface area contributed by atoms with Gasteiger partial charge in [-0.05, 0) is 36.7 Å². The maximum Gasteiger partial charge on any atom is 0.177 e. The Bertz CT molecular complexity index is 686. The lowest BCUT2D eigenvalue weighted by atomic mass is 10.0. The molecular weight excluding hydrogens is 316 g/mol. The number of benzene rings is 1. The number of aliphatic hydroxyl groups is 4. The number of H-pyrrole nitrogens is 1. The zero-order valence-electron chi connectivity index (χ0n) is 13.0. The number of phenolic OH excluding ortho intramolecular Hbond substituents is 1. The lowest BCUT2D eigenvalue weighted by Crippen LogP contribution is -2.46. The Kier molecular flexibility index (Phi) is 6.29. The minimum absolute atomic E-state index is 0.172. The van der Waals surface area contributed by atoms with Crippen molar-refractivity contribution in [1.29, 1.82) is 0 Å². The van der Waals surface area contributed by atoms with Gasteiger partial charge < -0.3 is 35.8 Å². The maximum atomic E-state index is 11.7. The molecule has 1 aromatic heterocycles. The van der Waals surface area contributed by atoms with Gasteiger partial charge in [0.15, 0.2) is 5.78 Å². The van der Waals surface area contributed by atoms with Crippen molar-refractivity contribution in [3.63, 3.8) is 0 Å². The Morgan fingerprint density at radius 2 is 2.00 bits per heavy atom. The number of rotatable bonds is 9. The maximum absolute atomic E-state index is 11.7. The minimum atomic E-state index is -1.76. The SMILES string of the molecule is O=C(CNCCc1c[nH]c2ccc(O)cc12)C(O)C(O)C(O)CO. The van der Waals surface area contributed by atoms with E-state index < -0.39 is 30.7 Å². The summed E-state index contributed by atoms with van der Waals surface area (Å²) in [5, 5.41) is 50.3. The van der Waals surface area contributed by atoms with Crippen molar-refractivity contribution in [3.05, 3.63) is 30.0 Å². The number of aromatic amines is 1. The van der Waals surface area contributed by atoms with Crippen LogP contribution in [0.4, 0.5) is 0 Å². The van der Waals surface area contributed by atoms with Crippen LogP contribution in [0.1, 0.15) is 5.56 Å². The topological polar surface area (TPSA) is 146 Å². The monoisotopic (exact) mass is 338 g/mol. The molecule has 0 saturated heterocycles. The highest BCUT2D eigenvalue weighted by Gasteiger charge is 2.29. The first-order chi connectivity index (χ1) is 11.4. The van der Waals surface area contributed by atoms with Gasteiger partial charge >= 0.3 is 0 Å². The van der Waals surface area contributed by atoms with E-state index in [1.54, 1.807) is 18.2 Å². The Hall–Kier alpha value is -1.97. The second-order valence-corrected chi connectivity index (χ2v) is 5.62. The number of aliphatic hydroxyl groups excluding tert-OH is 4. The van der Waals surface area contributed by atoms with E-state index in [2.05, 4.69) is 10.3 Å². The third-order valence-electron chi connectivity index (χ3n) is 3.86. The van der Waals surface area contributed by atoms with Crippen molar-refractivity contribution in [1.82, 2.24) is 10.3 Å². The average molecular weight is 338 g/mol. The molecule has 7 N–H and O–H groups in total. The zero-order valence-corrected chi connectivity index (χ0v) is 13.0. The predicted octanol–water partition coefficient (Wildman–Crippen LogP) is -1.35. The molecule has 8 nitrogen and oxygen atoms in total. The van der Waals surface area contributed by atoms with E-state index in [-0.39, 0.29) is 12.3 Å². The molecule has 1 aromatic carbocycles. The minimum Gasteiger partial charge on any atom is -0.508 e. The fourth-order valence-corrected chi connectivity index (χ4v) is 2.42. The molecule has 1 heterocycles. The number of aromatic nitrogens is 1. The lowest BCUT2D eigenvalue weighted by Gasteiger charge is -2.20. The van der Waals surface area contributed by atoms with Crippen LogP contribution in [0.25, 0.3) is 10.9 Å². The molecule has 0 bridgehead atoms. The van der Waals surface area contributed by atoms with Gasteiger partial charge in [0.05, 0.1) is 13.2 Å². The quantitative estimate of drug-likeness (QED) is 0.280. The molecule has 8 heteroatoms. The lowest BCUT2D eigenvalue weighted by molar-refractivity contribution is -0.139. The van der Waals surface area contributed by atoms with Gasteiger partial charge in [0.2, 0.25) is 0 Å². The van der Waals surface area contributed by atoms with Gasteiger partial charge in [-0.1, -0.05) is 0 Å². The molecule has 132 valence electrons. The highest BCUT2D eigenvalue weighted by molar-refractivity contribution is 5.85. The summed E-state index contributed by atoms with van der Waals surface area (Å²) in [6.07, 6.45) is -2.63. The predicted molar refractivity (Wildman–Crippen MR) is 86.7 cm³/mol. The van der Waals surface area contributed by atoms with E-state index >= 15 is 0 Å². The van der Waals surface area contributed by atoms with E-state index in [0.29, 0.717) is 13.0 Å². The third kappa shape index (κ3) is 4.31. The normalized spacial score (nSPS) is 15.3. The van der Waals surface area contributed by atoms with Crippen LogP contribution < -0.4 is 5.32 Å². The smallest absolute Gasteiger partial charge is 0.177 e. The van der Waals surface area contributed by atoms with Crippen molar-refractivity contribution in [2.45, 2.75) is 24.7 Å². The number of hydrogen-bond acceptors (Lipinski definition) is 7. The van der Waals surface area contributed by atoms with Gasteiger partial charge in [-0.2, -0.15) is 0 Å². The highest BCUT2D eigenvalue weighted by Crippen LogP contribution is 2.22. The Balaban J connectivity index is 1.82. The summed E-state index contributed by atoms with van der Waals surface area (Å²) in [6.45, 7) is -0.476. The molecule has 0 saturated carbocycles. The molecule has 3 unspecified atom stereocenters. The molecule has 0 aliphatic carbocycles. The van der Waals surface area contributed by atoms with E-state index in [9.17, 15) is 25.2 Å². The first kappa shape index (κ1) is 18.4. The number of aromatic hydroxyl groups is 1. The molecule has 0 aliphatic rings. The van der Waals surface area contributed by atoms with Gasteiger partial charge in [-0.25, -0.2) is 0 Å². The summed E-state index contributed by atoms with van der Waals surface area (Å²) in [4.78, 5) is 14.8. The second kappa shape index (κ2) is 8.22. The standard InChI is InChI=1S/C16H22N2O6/c19-8-14(22)16(24)15(23)13(21)7-17-4-3-9-6-18-12-2-1-10(20)5-11(9)12/h1-2,5-6,14-20,22-24H,3-4,7-8H2. The van der Waals surface area contributed by atoms with E-state index in [1.807, 2.05) is 6.20 Å². The number of fused-ring (bicyclic) bond motifs is 1. The van der Waals surface area contributed by atoms with Crippen LogP contribution in [0.5, 0.6) is 5.75 Å². The van der Waals surface area contributed by atoms with Gasteiger partial charge in [0, 0.05) is 17.1 Å². The first-order valence-electron chi connectivity index (χ1n) is 7.61. The average Bonchev–Trinajstić information content (AvgIpc) is 2.98. The van der Waals surface area contributed by atoms with Crippen molar-refractivity contribution in [2.24, 2.45) is 0 Å². The summed E-state index contributed by atoms with van der Waals surface area (Å²) in [5.41, 5.74) is 1.87. The zero-order chi connectivity index (χ0) is 17.7. The van der Waals surface area contributed by atoms with Gasteiger partial charge in [-0.3, -0.25) is 4.79 Å². The van der Waals surface area contributed by atoms with Gasteiger partial charge in [-0.15, -0.1) is 0 Å². The van der Waals surface area contributed by atoms with Crippen LogP contribution in [0.3, 0.4) is 0 Å². The summed E-state index contributed by atoms with van der Waals surface area (Å²) in [5.74, 6) is -0.502. The van der Waals surface area contributed by atoms with E-state index in [1.165, 1.54) is 0 Å². The third-order valence-corrected chi connectivity index (χ3v) is 3.86. The van der Waals surface area contributed by atoms with Crippen LogP contribution in [-0.4, -0.2) is 74.3 Å². The van der Waals surface area contributed by atoms with Crippen LogP contribution in [0.15, 0.2) is 24.4 Å². The molecule has 0 amide bonds. The first-order valence-corrected chi connectivity index (χ1v) is 7.61. The Labute approximate surface area is 138 Å². The number of nitrogens with one attached hydrogen (secondary N) is 2. The Morgan fingerprint density at radius 3 is 2.71 bits per heavy atom. The van der Waals surface area contributed by atoms with Crippen molar-refractivity contribution in [3.8, 4) is 5.75 Å². The van der Waals surface area contributed by atoms with Crippen LogP contribution >= 0.6 is 0 Å². The van der Waals surface area contributed by atoms with Crippen molar-refractivity contribution < 1.29 is 30.3 Å². The Morgan fingerprint density at radius 1 is 1.25 bits per heavy atom. The van der Waals surface area contributed by atoms with Crippen LogP contribution in [-0.2, 0) is 11.2 Å². The molecule has 0 aliphatic heterocycles. The molecule has 3 atom stereocenters. The molecule has 2 aromatic rings. The number of phenols is 1. The largest absolute Gasteiger partial charge is 0.508 e. The summed E-state index contributed by atoms with van der Waals surface area (Å²) in [7, 11) is 0.